The maximum atomic E-state index is 13.3. The number of benzene rings is 2. The van der Waals surface area contributed by atoms with E-state index < -0.39 is 39.3 Å². The smallest absolute Gasteiger partial charge is 0.358 e. The molecule has 9 heteroatoms. The number of hydrogen-bond donors (Lipinski definition) is 0. The molecular weight excluding hydrogens is 664 g/mol. The largest absolute Gasteiger partial charge is 2.00 e. The summed E-state index contributed by atoms with van der Waals surface area (Å²) in [7, 11) is -1.57. The van der Waals surface area contributed by atoms with Crippen molar-refractivity contribution < 1.29 is 43.4 Å². The molecule has 0 aromatic heterocycles. The molecule has 0 aliphatic heterocycles. The topological polar surface area (TPSA) is 0 Å². The molecule has 0 saturated heterocycles. The Balaban J connectivity index is 0.00000220. The molecule has 0 heterocycles. The Morgan fingerprint density at radius 1 is 0.578 bits per heavy atom. The van der Waals surface area contributed by atoms with Gasteiger partial charge in [-0.25, -0.2) is 0 Å². The van der Waals surface area contributed by atoms with E-state index in [4.69, 9.17) is 0 Å². The van der Waals surface area contributed by atoms with E-state index in [9.17, 15) is 26.3 Å². The van der Waals surface area contributed by atoms with Gasteiger partial charge in [-0.05, 0) is 83.2 Å². The second kappa shape index (κ2) is 17.7. The van der Waals surface area contributed by atoms with Crippen molar-refractivity contribution in [2.75, 3.05) is 0 Å². The monoisotopic (exact) mass is 718 g/mol. The summed E-state index contributed by atoms with van der Waals surface area (Å²) in [6.07, 6.45) is 1.62. The molecule has 2 aromatic rings. The van der Waals surface area contributed by atoms with Crippen molar-refractivity contribution in [3.8, 4) is 0 Å². The Morgan fingerprint density at radius 2 is 0.911 bits per heavy atom. The molecule has 258 valence electrons. The fourth-order valence-electron chi connectivity index (χ4n) is 7.31. The van der Waals surface area contributed by atoms with Crippen LogP contribution >= 0.6 is 15.8 Å². The SMILES string of the molecule is C1CCCC1.C[C@H](C1CCCC1P(c1ccc(C(F)(F)F)cc1)c1ccc(C(F)(F)F)cc1)P(C(C)(C)C)C(C)(C)C.[CH3-].[CH3-].[Fe+2]. The van der Waals surface area contributed by atoms with Crippen molar-refractivity contribution >= 4 is 26.5 Å². The van der Waals surface area contributed by atoms with E-state index in [-0.39, 0.29) is 47.9 Å². The van der Waals surface area contributed by atoms with Gasteiger partial charge < -0.3 is 14.9 Å². The summed E-state index contributed by atoms with van der Waals surface area (Å²) in [5, 5.41) is 1.82. The zero-order valence-electron chi connectivity index (χ0n) is 28.5. The van der Waals surface area contributed by atoms with Crippen molar-refractivity contribution in [2.24, 2.45) is 5.92 Å². The van der Waals surface area contributed by atoms with E-state index in [1.807, 2.05) is 0 Å². The van der Waals surface area contributed by atoms with Gasteiger partial charge >= 0.3 is 29.4 Å². The first-order chi connectivity index (χ1) is 19.3. The first kappa shape index (κ1) is 44.4. The van der Waals surface area contributed by atoms with Gasteiger partial charge in [0, 0.05) is 0 Å². The third-order valence-electron chi connectivity index (χ3n) is 8.53. The minimum Gasteiger partial charge on any atom is -0.358 e. The molecule has 45 heavy (non-hydrogen) atoms. The van der Waals surface area contributed by atoms with Crippen LogP contribution in [0.25, 0.3) is 0 Å². The molecule has 2 saturated carbocycles. The zero-order valence-corrected chi connectivity index (χ0v) is 31.4. The zero-order chi connectivity index (χ0) is 31.5. The normalized spacial score (nSPS) is 19.6. The van der Waals surface area contributed by atoms with Crippen molar-refractivity contribution in [3.63, 3.8) is 0 Å². The molecule has 4 rings (SSSR count). The maximum absolute atomic E-state index is 13.3. The first-order valence-electron chi connectivity index (χ1n) is 15.2. The Bertz CT molecular complexity index is 1030. The molecular formula is C36H54F6FeP2. The van der Waals surface area contributed by atoms with E-state index in [1.165, 1.54) is 32.1 Å². The van der Waals surface area contributed by atoms with E-state index in [2.05, 4.69) is 48.5 Å². The first-order valence-corrected chi connectivity index (χ1v) is 18.1. The number of rotatable bonds is 5. The third kappa shape index (κ3) is 12.1. The van der Waals surface area contributed by atoms with Gasteiger partial charge in [-0.15, -0.1) is 0 Å². The quantitative estimate of drug-likeness (QED) is 0.125. The Labute approximate surface area is 283 Å². The van der Waals surface area contributed by atoms with Crippen LogP contribution in [0.4, 0.5) is 26.3 Å². The number of halogens is 6. The molecule has 0 amide bonds. The van der Waals surface area contributed by atoms with Crippen LogP contribution in [-0.2, 0) is 29.4 Å². The van der Waals surface area contributed by atoms with Gasteiger partial charge in [0.2, 0.25) is 0 Å². The fraction of sp³-hybridized carbons (Fsp3) is 0.611. The van der Waals surface area contributed by atoms with E-state index >= 15 is 0 Å². The summed E-state index contributed by atoms with van der Waals surface area (Å²) < 4.78 is 79.7. The summed E-state index contributed by atoms with van der Waals surface area (Å²) in [5.74, 6) is 0.361. The molecule has 3 atom stereocenters. The second-order valence-corrected chi connectivity index (χ2v) is 20.5. The maximum Gasteiger partial charge on any atom is 2.00 e. The second-order valence-electron chi connectivity index (χ2n) is 13.8. The number of alkyl halides is 6. The fourth-order valence-corrected chi connectivity index (χ4v) is 15.9. The van der Waals surface area contributed by atoms with E-state index in [0.29, 0.717) is 11.6 Å². The average Bonchev–Trinajstić information content (AvgIpc) is 3.58. The van der Waals surface area contributed by atoms with Crippen LogP contribution in [0.15, 0.2) is 48.5 Å². The third-order valence-corrected chi connectivity index (χ3v) is 15.6. The van der Waals surface area contributed by atoms with Gasteiger partial charge in [0.25, 0.3) is 0 Å². The summed E-state index contributed by atoms with van der Waals surface area (Å²) in [6.45, 7) is 16.1. The van der Waals surface area contributed by atoms with Crippen molar-refractivity contribution in [1.82, 2.24) is 0 Å². The summed E-state index contributed by atoms with van der Waals surface area (Å²) in [5.41, 5.74) is -0.803. The molecule has 0 bridgehead atoms. The van der Waals surface area contributed by atoms with Crippen LogP contribution in [0.5, 0.6) is 0 Å². The van der Waals surface area contributed by atoms with Crippen LogP contribution < -0.4 is 10.6 Å². The van der Waals surface area contributed by atoms with E-state index in [1.54, 1.807) is 24.3 Å². The van der Waals surface area contributed by atoms with Gasteiger partial charge in [-0.3, -0.25) is 0 Å². The van der Waals surface area contributed by atoms with Crippen molar-refractivity contribution in [3.05, 3.63) is 74.5 Å². The molecule has 2 fully saturated rings. The van der Waals surface area contributed by atoms with Crippen molar-refractivity contribution in [2.45, 2.75) is 134 Å². The molecule has 2 aliphatic carbocycles. The molecule has 0 nitrogen and oxygen atoms in total. The predicted octanol–water partition coefficient (Wildman–Crippen LogP) is 12.6. The van der Waals surface area contributed by atoms with Gasteiger partial charge in [0.1, 0.15) is 0 Å². The average molecular weight is 719 g/mol. The van der Waals surface area contributed by atoms with Crippen LogP contribution in [-0.4, -0.2) is 21.6 Å². The summed E-state index contributed by atoms with van der Waals surface area (Å²) >= 11 is 0. The van der Waals surface area contributed by atoms with Gasteiger partial charge in [0.05, 0.1) is 11.1 Å². The number of hydrogen-bond acceptors (Lipinski definition) is 0. The Hall–Kier alpha value is -0.601. The van der Waals surface area contributed by atoms with Gasteiger partial charge in [-0.1, -0.05) is 119 Å². The van der Waals surface area contributed by atoms with Gasteiger partial charge in [0.15, 0.2) is 0 Å². The molecule has 2 aromatic carbocycles. The molecule has 0 N–H and O–H groups in total. The minimum atomic E-state index is -4.44. The standard InChI is InChI=1S/C29H38F6P2.C5H10.2CH3.Fe/c1-19(37(26(2,3)4)27(5,6)7)24-9-8-10-25(24)36(22-15-11-20(12-16-22)28(30,31)32)23-17-13-21(14-18-23)29(33,34)35;1-2-4-5-3-1;;;/h11-19,24-25H,8-10H2,1-7H3;1-5H2;2*1H3;/q;;2*-1;+2/t19-,24?,25?;;;;/m1..../s1. The molecule has 2 unspecified atom stereocenters. The van der Waals surface area contributed by atoms with E-state index in [0.717, 1.165) is 54.1 Å². The Morgan fingerprint density at radius 3 is 1.20 bits per heavy atom. The Kier molecular flexibility index (Phi) is 17.5. The molecule has 0 radical (unpaired) electrons. The van der Waals surface area contributed by atoms with Crippen LogP contribution in [0.3, 0.4) is 0 Å². The summed E-state index contributed by atoms with van der Waals surface area (Å²) in [6, 6.07) is 10.6. The van der Waals surface area contributed by atoms with Crippen molar-refractivity contribution in [1.29, 1.82) is 0 Å². The molecule has 0 spiro atoms. The van der Waals surface area contributed by atoms with Crippen LogP contribution in [0, 0.1) is 20.8 Å². The van der Waals surface area contributed by atoms with Crippen LogP contribution in [0.2, 0.25) is 0 Å². The van der Waals surface area contributed by atoms with Crippen LogP contribution in [0.1, 0.15) is 111 Å². The predicted molar refractivity (Wildman–Crippen MR) is 182 cm³/mol. The summed E-state index contributed by atoms with van der Waals surface area (Å²) in [4.78, 5) is 0. The minimum absolute atomic E-state index is 0. The van der Waals surface area contributed by atoms with Gasteiger partial charge in [-0.2, -0.15) is 26.3 Å². The molecule has 2 aliphatic rings.